The van der Waals surface area contributed by atoms with Gasteiger partial charge in [-0.1, -0.05) is 19.4 Å². The van der Waals surface area contributed by atoms with E-state index in [4.69, 9.17) is 9.47 Å². The van der Waals surface area contributed by atoms with E-state index in [1.165, 1.54) is 43.3 Å². The maximum Gasteiger partial charge on any atom is 0.0997 e. The van der Waals surface area contributed by atoms with E-state index < -0.39 is 0 Å². The molecule has 0 aromatic rings. The zero-order chi connectivity index (χ0) is 13.2. The van der Waals surface area contributed by atoms with Gasteiger partial charge < -0.3 is 9.47 Å². The monoisotopic (exact) mass is 260 g/mol. The molecule has 0 aliphatic heterocycles. The van der Waals surface area contributed by atoms with E-state index >= 15 is 0 Å². The Morgan fingerprint density at radius 2 is 2.21 bits per heavy atom. The molecule has 0 aromatic heterocycles. The normalized spacial score (nSPS) is 28.9. The second-order valence-corrected chi connectivity index (χ2v) is 5.83. The number of hydrogen-bond acceptors (Lipinski definition) is 2. The minimum absolute atomic E-state index is 0.340. The lowest BCUT2D eigenvalue weighted by Gasteiger charge is -2.18. The van der Waals surface area contributed by atoms with Crippen LogP contribution < -0.4 is 0 Å². The van der Waals surface area contributed by atoms with Gasteiger partial charge in [-0.2, -0.15) is 0 Å². The second-order valence-electron chi connectivity index (χ2n) is 5.83. The first-order valence-corrected chi connectivity index (χ1v) is 7.62. The predicted molar refractivity (Wildman–Crippen MR) is 76.8 cm³/mol. The second kappa shape index (κ2) is 5.54. The highest BCUT2D eigenvalue weighted by Crippen LogP contribution is 2.50. The summed E-state index contributed by atoms with van der Waals surface area (Å²) in [5, 5.41) is 0. The molecule has 3 aliphatic rings. The van der Waals surface area contributed by atoms with Gasteiger partial charge in [-0.3, -0.25) is 0 Å². The lowest BCUT2D eigenvalue weighted by atomic mass is 10.0. The van der Waals surface area contributed by atoms with Gasteiger partial charge in [-0.15, -0.1) is 0 Å². The molecule has 2 atom stereocenters. The van der Waals surface area contributed by atoms with Crippen LogP contribution in [0.15, 0.2) is 34.6 Å². The SMILES string of the molecule is CCCCO[C@@H]1C[C@@H]2CCC3=CC=C(OC)CC1=C32. The van der Waals surface area contributed by atoms with Gasteiger partial charge in [-0.05, 0) is 54.4 Å². The molecule has 19 heavy (non-hydrogen) atoms. The quantitative estimate of drug-likeness (QED) is 0.692. The van der Waals surface area contributed by atoms with Gasteiger partial charge in [0, 0.05) is 13.0 Å². The first-order chi connectivity index (χ1) is 9.33. The Morgan fingerprint density at radius 3 is 3.00 bits per heavy atom. The third-order valence-corrected chi connectivity index (χ3v) is 4.66. The van der Waals surface area contributed by atoms with Crippen LogP contribution in [0.3, 0.4) is 0 Å². The Balaban J connectivity index is 1.82. The van der Waals surface area contributed by atoms with Gasteiger partial charge in [0.05, 0.1) is 19.0 Å². The van der Waals surface area contributed by atoms with E-state index in [9.17, 15) is 0 Å². The third-order valence-electron chi connectivity index (χ3n) is 4.66. The zero-order valence-corrected chi connectivity index (χ0v) is 12.1. The molecule has 0 spiro atoms. The summed E-state index contributed by atoms with van der Waals surface area (Å²) in [7, 11) is 1.77. The summed E-state index contributed by atoms with van der Waals surface area (Å²) in [5.41, 5.74) is 4.66. The fraction of sp³-hybridized carbons (Fsp3) is 0.647. The van der Waals surface area contributed by atoms with Crippen molar-refractivity contribution in [1.82, 2.24) is 0 Å². The van der Waals surface area contributed by atoms with E-state index in [-0.39, 0.29) is 0 Å². The molecule has 0 bridgehead atoms. The Labute approximate surface area is 116 Å². The summed E-state index contributed by atoms with van der Waals surface area (Å²) in [6.07, 6.45) is 11.8. The minimum Gasteiger partial charge on any atom is -0.501 e. The first kappa shape index (κ1) is 13.0. The Kier molecular flexibility index (Phi) is 3.79. The number of hydrogen-bond donors (Lipinski definition) is 0. The standard InChI is InChI=1S/C17H24O2/c1-3-4-9-19-16-10-13-6-5-12-7-8-14(18-2)11-15(16)17(12)13/h7-8,13,16H,3-6,9-11H2,1-2H3/t13-,16+/m0/s1. The largest absolute Gasteiger partial charge is 0.501 e. The van der Waals surface area contributed by atoms with Gasteiger partial charge in [0.25, 0.3) is 0 Å². The molecule has 0 N–H and O–H groups in total. The molecule has 0 saturated heterocycles. The Bertz CT molecular complexity index is 442. The lowest BCUT2D eigenvalue weighted by Crippen LogP contribution is -2.15. The van der Waals surface area contributed by atoms with Crippen LogP contribution in [-0.4, -0.2) is 19.8 Å². The van der Waals surface area contributed by atoms with Crippen molar-refractivity contribution >= 4 is 0 Å². The van der Waals surface area contributed by atoms with Gasteiger partial charge in [0.2, 0.25) is 0 Å². The molecular weight excluding hydrogens is 236 g/mol. The Hall–Kier alpha value is -1.02. The lowest BCUT2D eigenvalue weighted by molar-refractivity contribution is 0.0677. The van der Waals surface area contributed by atoms with Crippen molar-refractivity contribution in [3.8, 4) is 0 Å². The molecule has 2 nitrogen and oxygen atoms in total. The molecule has 0 radical (unpaired) electrons. The van der Waals surface area contributed by atoms with E-state index in [1.807, 2.05) is 0 Å². The molecule has 0 unspecified atom stereocenters. The summed E-state index contributed by atoms with van der Waals surface area (Å²) < 4.78 is 11.6. The van der Waals surface area contributed by atoms with E-state index in [0.29, 0.717) is 6.10 Å². The molecule has 0 amide bonds. The fourth-order valence-corrected chi connectivity index (χ4v) is 3.65. The van der Waals surface area contributed by atoms with E-state index in [1.54, 1.807) is 12.7 Å². The molecule has 3 rings (SSSR count). The van der Waals surface area contributed by atoms with Crippen LogP contribution in [0.5, 0.6) is 0 Å². The van der Waals surface area contributed by atoms with Gasteiger partial charge in [-0.25, -0.2) is 0 Å². The maximum absolute atomic E-state index is 6.15. The van der Waals surface area contributed by atoms with E-state index in [2.05, 4.69) is 19.1 Å². The van der Waals surface area contributed by atoms with Crippen molar-refractivity contribution in [2.45, 2.75) is 51.6 Å². The van der Waals surface area contributed by atoms with Crippen molar-refractivity contribution in [3.05, 3.63) is 34.6 Å². The van der Waals surface area contributed by atoms with Crippen molar-refractivity contribution < 1.29 is 9.47 Å². The average Bonchev–Trinajstić information content (AvgIpc) is 2.89. The highest BCUT2D eigenvalue weighted by atomic mass is 16.5. The molecule has 104 valence electrons. The molecule has 2 heteroatoms. The van der Waals surface area contributed by atoms with Crippen molar-refractivity contribution in [3.63, 3.8) is 0 Å². The van der Waals surface area contributed by atoms with Crippen molar-refractivity contribution in [2.24, 2.45) is 5.92 Å². The van der Waals surface area contributed by atoms with Crippen LogP contribution in [0, 0.1) is 5.92 Å². The van der Waals surface area contributed by atoms with Gasteiger partial charge >= 0.3 is 0 Å². The van der Waals surface area contributed by atoms with Crippen LogP contribution >= 0.6 is 0 Å². The number of methoxy groups -OCH3 is 1. The molecule has 1 saturated carbocycles. The number of allylic oxidation sites excluding steroid dienone is 5. The van der Waals surface area contributed by atoms with Crippen molar-refractivity contribution in [1.29, 1.82) is 0 Å². The summed E-state index contributed by atoms with van der Waals surface area (Å²) in [6.45, 7) is 3.11. The zero-order valence-electron chi connectivity index (χ0n) is 12.1. The summed E-state index contributed by atoms with van der Waals surface area (Å²) in [4.78, 5) is 0. The topological polar surface area (TPSA) is 18.5 Å². The van der Waals surface area contributed by atoms with Gasteiger partial charge in [0.15, 0.2) is 0 Å². The smallest absolute Gasteiger partial charge is 0.0997 e. The molecular formula is C17H24O2. The molecule has 0 aromatic carbocycles. The summed E-state index contributed by atoms with van der Waals surface area (Å²) >= 11 is 0. The van der Waals surface area contributed by atoms with Crippen molar-refractivity contribution in [2.75, 3.05) is 13.7 Å². The van der Waals surface area contributed by atoms with Crippen LogP contribution in [-0.2, 0) is 9.47 Å². The summed E-state index contributed by atoms with van der Waals surface area (Å²) in [6, 6.07) is 0. The number of rotatable bonds is 5. The predicted octanol–water partition coefficient (Wildman–Crippen LogP) is 4.14. The van der Waals surface area contributed by atoms with Crippen LogP contribution in [0.2, 0.25) is 0 Å². The summed E-state index contributed by atoms with van der Waals surface area (Å²) in [5.74, 6) is 1.83. The number of ether oxygens (including phenoxy) is 2. The van der Waals surface area contributed by atoms with Gasteiger partial charge in [0.1, 0.15) is 0 Å². The fourth-order valence-electron chi connectivity index (χ4n) is 3.65. The highest BCUT2D eigenvalue weighted by Gasteiger charge is 2.39. The molecule has 0 heterocycles. The van der Waals surface area contributed by atoms with Crippen LogP contribution in [0.1, 0.15) is 45.4 Å². The Morgan fingerprint density at radius 1 is 1.32 bits per heavy atom. The average molecular weight is 260 g/mol. The third kappa shape index (κ3) is 2.38. The van der Waals surface area contributed by atoms with Crippen LogP contribution in [0.4, 0.5) is 0 Å². The molecule has 1 fully saturated rings. The maximum atomic E-state index is 6.15. The minimum atomic E-state index is 0.340. The molecule has 3 aliphatic carbocycles. The highest BCUT2D eigenvalue weighted by molar-refractivity contribution is 5.50. The number of unbranched alkanes of at least 4 members (excludes halogenated alkanes) is 1. The first-order valence-electron chi connectivity index (χ1n) is 7.62. The van der Waals surface area contributed by atoms with E-state index in [0.717, 1.165) is 24.7 Å². The van der Waals surface area contributed by atoms with Crippen LogP contribution in [0.25, 0.3) is 0 Å².